The van der Waals surface area contributed by atoms with Gasteiger partial charge in [-0.05, 0) is 71.9 Å². The number of halogens is 1. The first-order valence-corrected chi connectivity index (χ1v) is 8.60. The Labute approximate surface area is 129 Å². The van der Waals surface area contributed by atoms with E-state index in [1.807, 2.05) is 0 Å². The molecule has 0 bridgehead atoms. The van der Waals surface area contributed by atoms with Crippen LogP contribution in [0.3, 0.4) is 0 Å². The molecule has 0 aromatic heterocycles. The summed E-state index contributed by atoms with van der Waals surface area (Å²) in [4.78, 5) is 0.333. The molecule has 0 heterocycles. The van der Waals surface area contributed by atoms with Gasteiger partial charge in [0.15, 0.2) is 0 Å². The summed E-state index contributed by atoms with van der Waals surface area (Å²) in [6, 6.07) is 14.1. The van der Waals surface area contributed by atoms with Gasteiger partial charge >= 0.3 is 0 Å². The van der Waals surface area contributed by atoms with Gasteiger partial charge in [0, 0.05) is 0 Å². The van der Waals surface area contributed by atoms with Gasteiger partial charge in [-0.3, -0.25) is 0 Å². The van der Waals surface area contributed by atoms with E-state index in [4.69, 9.17) is 0 Å². The number of aryl methyl sites for hydroxylation is 4. The van der Waals surface area contributed by atoms with Crippen molar-refractivity contribution in [3.63, 3.8) is 0 Å². The van der Waals surface area contributed by atoms with E-state index >= 15 is 0 Å². The van der Waals surface area contributed by atoms with E-state index in [2.05, 4.69) is 52.3 Å². The normalized spacial score (nSPS) is 16.5. The summed E-state index contributed by atoms with van der Waals surface area (Å²) in [5.74, 6) is 0. The zero-order chi connectivity index (χ0) is 13.5. The molecule has 20 heavy (non-hydrogen) atoms. The summed E-state index contributed by atoms with van der Waals surface area (Å²) in [6.07, 6.45) is 7.69. The molecule has 2 aliphatic carbocycles. The Balaban J connectivity index is 1.68. The molecule has 2 aromatic carbocycles. The third-order valence-corrected chi connectivity index (χ3v) is 5.89. The molecule has 4 rings (SSSR count). The summed E-state index contributed by atoms with van der Waals surface area (Å²) >= 11 is 3.91. The molecule has 0 N–H and O–H groups in total. The highest BCUT2D eigenvalue weighted by atomic mass is 79.9. The minimum Gasteiger partial charge on any atom is -0.0786 e. The summed E-state index contributed by atoms with van der Waals surface area (Å²) < 4.78 is 0. The van der Waals surface area contributed by atoms with Gasteiger partial charge in [-0.1, -0.05) is 52.3 Å². The van der Waals surface area contributed by atoms with Gasteiger partial charge in [0.05, 0.1) is 4.83 Å². The lowest BCUT2D eigenvalue weighted by Gasteiger charge is -2.14. The maximum Gasteiger partial charge on any atom is 0.0644 e. The molecule has 0 radical (unpaired) electrons. The first kappa shape index (κ1) is 12.6. The number of fused-ring (bicyclic) bond motifs is 2. The van der Waals surface area contributed by atoms with Crippen LogP contribution in [-0.4, -0.2) is 0 Å². The Morgan fingerprint density at radius 2 is 1.10 bits per heavy atom. The number of rotatable bonds is 2. The average Bonchev–Trinajstić information content (AvgIpc) is 3.13. The summed E-state index contributed by atoms with van der Waals surface area (Å²) in [5.41, 5.74) is 9.05. The Bertz CT molecular complexity index is 599. The average molecular weight is 327 g/mol. The van der Waals surface area contributed by atoms with Crippen molar-refractivity contribution in [2.45, 2.75) is 43.4 Å². The summed E-state index contributed by atoms with van der Waals surface area (Å²) in [7, 11) is 0. The first-order valence-electron chi connectivity index (χ1n) is 7.69. The molecule has 2 aromatic rings. The second kappa shape index (κ2) is 5.04. The lowest BCUT2D eigenvalue weighted by Crippen LogP contribution is -1.96. The molecule has 0 amide bonds. The highest BCUT2D eigenvalue weighted by Crippen LogP contribution is 2.35. The van der Waals surface area contributed by atoms with Crippen molar-refractivity contribution in [2.75, 3.05) is 0 Å². The fourth-order valence-corrected chi connectivity index (χ4v) is 4.26. The van der Waals surface area contributed by atoms with Crippen LogP contribution in [0.5, 0.6) is 0 Å². The molecule has 0 unspecified atom stereocenters. The van der Waals surface area contributed by atoms with Crippen LogP contribution in [0, 0.1) is 0 Å². The molecule has 1 heteroatoms. The maximum absolute atomic E-state index is 3.91. The van der Waals surface area contributed by atoms with Gasteiger partial charge in [0.25, 0.3) is 0 Å². The molecular formula is C19H19Br. The number of hydrogen-bond acceptors (Lipinski definition) is 0. The summed E-state index contributed by atoms with van der Waals surface area (Å²) in [5, 5.41) is 0. The van der Waals surface area contributed by atoms with E-state index in [0.29, 0.717) is 4.83 Å². The Hall–Kier alpha value is -1.08. The zero-order valence-electron chi connectivity index (χ0n) is 11.7. The summed E-state index contributed by atoms with van der Waals surface area (Å²) in [6.45, 7) is 0. The standard InChI is InChI=1S/C19H19Br/c20-19(17-9-7-13-3-1-5-15(13)11-17)18-10-8-14-4-2-6-16(14)12-18/h7-12,19H,1-6H2. The van der Waals surface area contributed by atoms with Crippen LogP contribution in [0.1, 0.15) is 51.0 Å². The fraction of sp³-hybridized carbons (Fsp3) is 0.368. The molecule has 0 fully saturated rings. The quantitative estimate of drug-likeness (QED) is 0.669. The Morgan fingerprint density at radius 1 is 0.650 bits per heavy atom. The van der Waals surface area contributed by atoms with Crippen LogP contribution < -0.4 is 0 Å². The van der Waals surface area contributed by atoms with Gasteiger partial charge in [0.1, 0.15) is 0 Å². The van der Waals surface area contributed by atoms with Crippen molar-refractivity contribution in [3.8, 4) is 0 Å². The lowest BCUT2D eigenvalue weighted by molar-refractivity contribution is 0.911. The van der Waals surface area contributed by atoms with Crippen LogP contribution in [0.25, 0.3) is 0 Å². The zero-order valence-corrected chi connectivity index (χ0v) is 13.2. The van der Waals surface area contributed by atoms with Crippen molar-refractivity contribution >= 4 is 15.9 Å². The second-order valence-corrected chi connectivity index (χ2v) is 7.04. The molecule has 0 saturated carbocycles. The second-order valence-electron chi connectivity index (χ2n) is 6.13. The third kappa shape index (κ3) is 2.13. The minimum absolute atomic E-state index is 0.333. The van der Waals surface area contributed by atoms with Crippen molar-refractivity contribution in [3.05, 3.63) is 69.8 Å². The molecule has 0 aliphatic heterocycles. The van der Waals surface area contributed by atoms with Gasteiger partial charge in [0.2, 0.25) is 0 Å². The van der Waals surface area contributed by atoms with Crippen molar-refractivity contribution in [1.82, 2.24) is 0 Å². The third-order valence-electron chi connectivity index (χ3n) is 4.83. The largest absolute Gasteiger partial charge is 0.0786 e. The first-order chi connectivity index (χ1) is 9.81. The minimum atomic E-state index is 0.333. The highest BCUT2D eigenvalue weighted by molar-refractivity contribution is 9.09. The van der Waals surface area contributed by atoms with E-state index in [1.165, 1.54) is 49.7 Å². The van der Waals surface area contributed by atoms with Crippen LogP contribution >= 0.6 is 15.9 Å². The molecule has 102 valence electrons. The Kier molecular flexibility index (Phi) is 3.18. The van der Waals surface area contributed by atoms with E-state index in [1.54, 1.807) is 22.3 Å². The van der Waals surface area contributed by atoms with Crippen LogP contribution in [0.4, 0.5) is 0 Å². The van der Waals surface area contributed by atoms with Crippen LogP contribution in [-0.2, 0) is 25.7 Å². The fourth-order valence-electron chi connectivity index (χ4n) is 3.69. The number of alkyl halides is 1. The molecule has 0 atom stereocenters. The topological polar surface area (TPSA) is 0 Å². The lowest BCUT2D eigenvalue weighted by atomic mass is 9.98. The van der Waals surface area contributed by atoms with E-state index < -0.39 is 0 Å². The van der Waals surface area contributed by atoms with Crippen molar-refractivity contribution in [2.24, 2.45) is 0 Å². The van der Waals surface area contributed by atoms with Crippen molar-refractivity contribution < 1.29 is 0 Å². The van der Waals surface area contributed by atoms with Crippen molar-refractivity contribution in [1.29, 1.82) is 0 Å². The predicted molar refractivity (Wildman–Crippen MR) is 87.7 cm³/mol. The predicted octanol–water partition coefficient (Wildman–Crippen LogP) is 5.15. The van der Waals surface area contributed by atoms with E-state index in [-0.39, 0.29) is 0 Å². The van der Waals surface area contributed by atoms with Gasteiger partial charge in [-0.15, -0.1) is 0 Å². The Morgan fingerprint density at radius 3 is 1.60 bits per heavy atom. The molecule has 0 saturated heterocycles. The molecule has 0 spiro atoms. The number of benzene rings is 2. The maximum atomic E-state index is 3.91. The van der Waals surface area contributed by atoms with E-state index in [9.17, 15) is 0 Å². The SMILES string of the molecule is BrC(c1ccc2c(c1)CCC2)c1ccc2c(c1)CCC2. The van der Waals surface area contributed by atoms with Gasteiger partial charge in [-0.25, -0.2) is 0 Å². The van der Waals surface area contributed by atoms with Crippen LogP contribution in [0.15, 0.2) is 36.4 Å². The molecule has 2 aliphatic rings. The molecule has 0 nitrogen and oxygen atoms in total. The van der Waals surface area contributed by atoms with Crippen LogP contribution in [0.2, 0.25) is 0 Å². The van der Waals surface area contributed by atoms with Gasteiger partial charge < -0.3 is 0 Å². The van der Waals surface area contributed by atoms with E-state index in [0.717, 1.165) is 0 Å². The van der Waals surface area contributed by atoms with Gasteiger partial charge in [-0.2, -0.15) is 0 Å². The molecular weight excluding hydrogens is 308 g/mol. The smallest absolute Gasteiger partial charge is 0.0644 e. The number of hydrogen-bond donors (Lipinski definition) is 0. The monoisotopic (exact) mass is 326 g/mol. The highest BCUT2D eigenvalue weighted by Gasteiger charge is 2.18.